The van der Waals surface area contributed by atoms with Gasteiger partial charge in [-0.3, -0.25) is 4.79 Å². The van der Waals surface area contributed by atoms with Crippen LogP contribution in [0, 0.1) is 20.8 Å². The van der Waals surface area contributed by atoms with Gasteiger partial charge < -0.3 is 4.98 Å². The van der Waals surface area contributed by atoms with Gasteiger partial charge in [0.15, 0.2) is 0 Å². The molecule has 0 aliphatic carbocycles. The van der Waals surface area contributed by atoms with Crippen molar-refractivity contribution in [2.45, 2.75) is 38.0 Å². The van der Waals surface area contributed by atoms with Gasteiger partial charge in [-0.1, -0.05) is 30.0 Å². The number of thiophene rings is 1. The second-order valence-corrected chi connectivity index (χ2v) is 8.80. The maximum absolute atomic E-state index is 12.5. The van der Waals surface area contributed by atoms with E-state index >= 15 is 0 Å². The van der Waals surface area contributed by atoms with Gasteiger partial charge in [0.05, 0.1) is 16.2 Å². The minimum Gasteiger partial charge on any atom is -0.309 e. The lowest BCUT2D eigenvalue weighted by Gasteiger charge is -2.12. The number of para-hydroxylation sites is 1. The number of thioether (sulfide) groups is 1. The lowest BCUT2D eigenvalue weighted by molar-refractivity contribution is 0.917. The molecule has 0 radical (unpaired) electrons. The topological polar surface area (TPSA) is 71.5 Å². The van der Waals surface area contributed by atoms with E-state index in [9.17, 15) is 4.79 Å². The van der Waals surface area contributed by atoms with Crippen LogP contribution in [-0.2, 0) is 0 Å². The van der Waals surface area contributed by atoms with Crippen molar-refractivity contribution in [1.29, 1.82) is 0 Å². The monoisotopic (exact) mass is 382 g/mol. The van der Waals surface area contributed by atoms with Crippen molar-refractivity contribution in [3.05, 3.63) is 56.7 Å². The summed E-state index contributed by atoms with van der Waals surface area (Å²) >= 11 is 3.16. The predicted octanol–water partition coefficient (Wildman–Crippen LogP) is 4.71. The highest BCUT2D eigenvalue weighted by Crippen LogP contribution is 2.36. The minimum atomic E-state index is -0.0666. The molecule has 26 heavy (non-hydrogen) atoms. The van der Waals surface area contributed by atoms with Crippen molar-refractivity contribution in [3.8, 4) is 0 Å². The van der Waals surface area contributed by atoms with Crippen LogP contribution in [0.25, 0.3) is 21.1 Å². The molecule has 0 saturated heterocycles. The second kappa shape index (κ2) is 6.48. The minimum absolute atomic E-state index is 0.0347. The van der Waals surface area contributed by atoms with Gasteiger partial charge in [-0.25, -0.2) is 15.0 Å². The Morgan fingerprint density at radius 1 is 1.12 bits per heavy atom. The summed E-state index contributed by atoms with van der Waals surface area (Å²) in [6, 6.07) is 7.97. The highest BCUT2D eigenvalue weighted by Gasteiger charge is 2.18. The number of fused-ring (bicyclic) bond motifs is 2. The van der Waals surface area contributed by atoms with Crippen LogP contribution in [0.3, 0.4) is 0 Å². The number of benzene rings is 1. The number of nitrogens with zero attached hydrogens (tertiary/aromatic N) is 3. The molecule has 0 aliphatic heterocycles. The van der Waals surface area contributed by atoms with Crippen LogP contribution in [0.15, 0.2) is 34.1 Å². The molecule has 0 spiro atoms. The molecule has 4 rings (SSSR count). The van der Waals surface area contributed by atoms with Crippen LogP contribution in [0.5, 0.6) is 0 Å². The summed E-state index contributed by atoms with van der Waals surface area (Å²) in [4.78, 5) is 31.2. The molecule has 3 heterocycles. The molecule has 3 aromatic heterocycles. The molecule has 4 aromatic rings. The Balaban J connectivity index is 1.77. The smallest absolute Gasteiger partial charge is 0.259 e. The number of hydrogen-bond acceptors (Lipinski definition) is 6. The SMILES string of the molecule is Cc1nc(S[C@H](C)c2nc3sc(C)c(C)c3c(=O)[nH]2)c2ccccc2n1. The first-order chi connectivity index (χ1) is 12.4. The number of aromatic amines is 1. The number of H-pyrrole nitrogens is 1. The summed E-state index contributed by atoms with van der Waals surface area (Å²) in [5.41, 5.74) is 1.88. The summed E-state index contributed by atoms with van der Waals surface area (Å²) in [5.74, 6) is 1.41. The van der Waals surface area contributed by atoms with Crippen LogP contribution in [0.2, 0.25) is 0 Å². The number of nitrogens with one attached hydrogen (secondary N) is 1. The fourth-order valence-corrected chi connectivity index (χ4v) is 5.02. The molecule has 1 N–H and O–H groups in total. The molecule has 5 nitrogen and oxygen atoms in total. The van der Waals surface area contributed by atoms with E-state index in [1.54, 1.807) is 23.1 Å². The second-order valence-electron chi connectivity index (χ2n) is 6.27. The van der Waals surface area contributed by atoms with E-state index in [4.69, 9.17) is 4.98 Å². The summed E-state index contributed by atoms with van der Waals surface area (Å²) in [7, 11) is 0. The third-order valence-electron chi connectivity index (χ3n) is 4.41. The predicted molar refractivity (Wildman–Crippen MR) is 108 cm³/mol. The summed E-state index contributed by atoms with van der Waals surface area (Å²) in [6.45, 7) is 7.92. The fraction of sp³-hybridized carbons (Fsp3) is 0.263. The van der Waals surface area contributed by atoms with Crippen molar-refractivity contribution in [2.75, 3.05) is 0 Å². The Morgan fingerprint density at radius 3 is 2.69 bits per heavy atom. The molecular formula is C19H18N4OS2. The van der Waals surface area contributed by atoms with Gasteiger partial charge in [0.2, 0.25) is 0 Å². The molecule has 0 fully saturated rings. The van der Waals surface area contributed by atoms with Crippen molar-refractivity contribution in [3.63, 3.8) is 0 Å². The van der Waals surface area contributed by atoms with Gasteiger partial charge >= 0.3 is 0 Å². The normalized spacial score (nSPS) is 12.8. The van der Waals surface area contributed by atoms with Gasteiger partial charge in [-0.2, -0.15) is 0 Å². The van der Waals surface area contributed by atoms with E-state index in [2.05, 4.69) is 15.0 Å². The van der Waals surface area contributed by atoms with Crippen molar-refractivity contribution in [2.24, 2.45) is 0 Å². The first-order valence-corrected chi connectivity index (χ1v) is 10.0. The Kier molecular flexibility index (Phi) is 4.28. The van der Waals surface area contributed by atoms with Crippen LogP contribution in [0.4, 0.5) is 0 Å². The van der Waals surface area contributed by atoms with E-state index in [0.717, 1.165) is 37.0 Å². The van der Waals surface area contributed by atoms with E-state index in [-0.39, 0.29) is 10.8 Å². The van der Waals surface area contributed by atoms with Gasteiger partial charge in [0.1, 0.15) is 21.5 Å². The van der Waals surface area contributed by atoms with Crippen LogP contribution in [-0.4, -0.2) is 19.9 Å². The quantitative estimate of drug-likeness (QED) is 0.410. The Bertz CT molecular complexity index is 1200. The number of hydrogen-bond donors (Lipinski definition) is 1. The molecule has 0 bridgehead atoms. The molecule has 0 amide bonds. The molecule has 1 aromatic carbocycles. The fourth-order valence-electron chi connectivity index (χ4n) is 2.94. The van der Waals surface area contributed by atoms with Crippen LogP contribution < -0.4 is 5.56 Å². The van der Waals surface area contributed by atoms with Crippen molar-refractivity contribution in [1.82, 2.24) is 19.9 Å². The molecule has 0 unspecified atom stereocenters. The highest BCUT2D eigenvalue weighted by molar-refractivity contribution is 7.99. The van der Waals surface area contributed by atoms with Crippen LogP contribution in [0.1, 0.15) is 34.3 Å². The maximum Gasteiger partial charge on any atom is 0.259 e. The molecule has 7 heteroatoms. The molecule has 1 atom stereocenters. The standard InChI is InChI=1S/C19H18N4OS2/c1-9-10(2)25-19-15(9)17(24)22-16(23-19)11(3)26-18-13-7-5-6-8-14(13)20-12(4)21-18/h5-8,11H,1-4H3,(H,22,23,24)/t11-/m1/s1. The zero-order valence-corrected chi connectivity index (χ0v) is 16.6. The first kappa shape index (κ1) is 17.2. The number of aryl methyl sites for hydroxylation is 3. The summed E-state index contributed by atoms with van der Waals surface area (Å²) in [5, 5.41) is 2.59. The Morgan fingerprint density at radius 2 is 1.88 bits per heavy atom. The van der Waals surface area contributed by atoms with Crippen molar-refractivity contribution < 1.29 is 0 Å². The average Bonchev–Trinajstić information content (AvgIpc) is 2.89. The van der Waals surface area contributed by atoms with Gasteiger partial charge in [-0.15, -0.1) is 11.3 Å². The van der Waals surface area contributed by atoms with Gasteiger partial charge in [0, 0.05) is 10.3 Å². The van der Waals surface area contributed by atoms with E-state index in [1.807, 2.05) is 52.0 Å². The zero-order chi connectivity index (χ0) is 18.4. The van der Waals surface area contributed by atoms with E-state index < -0.39 is 0 Å². The van der Waals surface area contributed by atoms with Crippen molar-refractivity contribution >= 4 is 44.2 Å². The largest absolute Gasteiger partial charge is 0.309 e. The number of aromatic nitrogens is 4. The van der Waals surface area contributed by atoms with Gasteiger partial charge in [-0.05, 0) is 39.3 Å². The highest BCUT2D eigenvalue weighted by atomic mass is 32.2. The molecule has 132 valence electrons. The van der Waals surface area contributed by atoms with E-state index in [1.165, 1.54) is 0 Å². The first-order valence-electron chi connectivity index (χ1n) is 8.34. The maximum atomic E-state index is 12.5. The number of rotatable bonds is 3. The lowest BCUT2D eigenvalue weighted by atomic mass is 10.2. The van der Waals surface area contributed by atoms with E-state index in [0.29, 0.717) is 11.2 Å². The van der Waals surface area contributed by atoms with Crippen LogP contribution >= 0.6 is 23.1 Å². The Hall–Kier alpha value is -2.25. The summed E-state index contributed by atoms with van der Waals surface area (Å²) < 4.78 is 0. The molecule has 0 saturated carbocycles. The van der Waals surface area contributed by atoms with Gasteiger partial charge in [0.25, 0.3) is 5.56 Å². The average molecular weight is 383 g/mol. The third-order valence-corrected chi connectivity index (χ3v) is 6.62. The zero-order valence-electron chi connectivity index (χ0n) is 15.0. The lowest BCUT2D eigenvalue weighted by Crippen LogP contribution is -2.12. The summed E-state index contributed by atoms with van der Waals surface area (Å²) in [6.07, 6.45) is 0. The molecule has 0 aliphatic rings. The molecular weight excluding hydrogens is 364 g/mol. The Labute approximate surface area is 158 Å². The third kappa shape index (κ3) is 2.91.